The molecule has 22 heavy (non-hydrogen) atoms. The van der Waals surface area contributed by atoms with Crippen molar-refractivity contribution in [3.63, 3.8) is 0 Å². The Labute approximate surface area is 126 Å². The molecule has 0 aliphatic rings. The standard InChI is InChI=1S/C16H14FN3O2/c17-13-7-3-1-5-11(13)9-10-19-16(22)20-15(21)12-6-2-4-8-14(12)18/h1-10H,18H2,(H2,19,20,21,22)/b10-9+. The number of hydrogen-bond donors (Lipinski definition) is 3. The Kier molecular flexibility index (Phi) is 4.87. The number of benzene rings is 2. The van der Waals surface area contributed by atoms with Crippen molar-refractivity contribution in [2.45, 2.75) is 0 Å². The molecule has 3 amide bonds. The Morgan fingerprint density at radius 3 is 2.45 bits per heavy atom. The summed E-state index contributed by atoms with van der Waals surface area (Å²) in [5.74, 6) is -1.02. The first-order valence-corrected chi connectivity index (χ1v) is 6.45. The van der Waals surface area contributed by atoms with Gasteiger partial charge in [0.25, 0.3) is 5.91 Å². The van der Waals surface area contributed by atoms with Crippen LogP contribution >= 0.6 is 0 Å². The summed E-state index contributed by atoms with van der Waals surface area (Å²) in [5, 5.41) is 4.44. The fraction of sp³-hybridized carbons (Fsp3) is 0. The number of imide groups is 1. The summed E-state index contributed by atoms with van der Waals surface area (Å²) in [6.07, 6.45) is 2.63. The number of urea groups is 1. The van der Waals surface area contributed by atoms with Gasteiger partial charge in [-0.1, -0.05) is 30.3 Å². The summed E-state index contributed by atoms with van der Waals surface area (Å²) in [6, 6.07) is 11.8. The maximum absolute atomic E-state index is 13.3. The summed E-state index contributed by atoms with van der Waals surface area (Å²) in [6.45, 7) is 0. The highest BCUT2D eigenvalue weighted by Crippen LogP contribution is 2.10. The number of nitrogen functional groups attached to an aromatic ring is 1. The minimum Gasteiger partial charge on any atom is -0.398 e. The lowest BCUT2D eigenvalue weighted by Gasteiger charge is -2.05. The number of halogens is 1. The van der Waals surface area contributed by atoms with Crippen LogP contribution in [0.2, 0.25) is 0 Å². The molecule has 0 heterocycles. The van der Waals surface area contributed by atoms with Crippen molar-refractivity contribution in [1.82, 2.24) is 10.6 Å². The minimum atomic E-state index is -0.735. The van der Waals surface area contributed by atoms with Gasteiger partial charge < -0.3 is 11.1 Å². The normalized spacial score (nSPS) is 10.4. The molecule has 4 N–H and O–H groups in total. The average molecular weight is 299 g/mol. The summed E-state index contributed by atoms with van der Waals surface area (Å²) in [7, 11) is 0. The number of carbonyl (C=O) groups excluding carboxylic acids is 2. The van der Waals surface area contributed by atoms with Gasteiger partial charge in [-0.25, -0.2) is 9.18 Å². The molecular weight excluding hydrogens is 285 g/mol. The topological polar surface area (TPSA) is 84.2 Å². The van der Waals surface area contributed by atoms with E-state index in [0.717, 1.165) is 0 Å². The van der Waals surface area contributed by atoms with Crippen LogP contribution in [0.5, 0.6) is 0 Å². The molecule has 0 atom stereocenters. The molecular formula is C16H14FN3O2. The van der Waals surface area contributed by atoms with Crippen molar-refractivity contribution < 1.29 is 14.0 Å². The van der Waals surface area contributed by atoms with E-state index in [4.69, 9.17) is 5.73 Å². The molecule has 5 nitrogen and oxygen atoms in total. The van der Waals surface area contributed by atoms with Gasteiger partial charge in [0.05, 0.1) is 5.56 Å². The van der Waals surface area contributed by atoms with Crippen LogP contribution in [0, 0.1) is 5.82 Å². The van der Waals surface area contributed by atoms with Crippen molar-refractivity contribution in [3.8, 4) is 0 Å². The molecule has 0 unspecified atom stereocenters. The van der Waals surface area contributed by atoms with E-state index in [9.17, 15) is 14.0 Å². The maximum atomic E-state index is 13.3. The van der Waals surface area contributed by atoms with E-state index in [1.54, 1.807) is 36.4 Å². The van der Waals surface area contributed by atoms with Crippen molar-refractivity contribution in [3.05, 3.63) is 71.7 Å². The zero-order valence-electron chi connectivity index (χ0n) is 11.5. The van der Waals surface area contributed by atoms with Crippen LogP contribution in [0.15, 0.2) is 54.7 Å². The van der Waals surface area contributed by atoms with E-state index >= 15 is 0 Å². The number of para-hydroxylation sites is 1. The van der Waals surface area contributed by atoms with Crippen LogP contribution in [-0.4, -0.2) is 11.9 Å². The molecule has 0 spiro atoms. The van der Waals surface area contributed by atoms with Crippen LogP contribution in [0.3, 0.4) is 0 Å². The minimum absolute atomic E-state index is 0.204. The second kappa shape index (κ2) is 7.03. The largest absolute Gasteiger partial charge is 0.398 e. The summed E-state index contributed by atoms with van der Waals surface area (Å²) < 4.78 is 13.3. The van der Waals surface area contributed by atoms with E-state index in [2.05, 4.69) is 10.6 Å². The number of anilines is 1. The Bertz CT molecular complexity index is 729. The lowest BCUT2D eigenvalue weighted by Crippen LogP contribution is -2.37. The quantitative estimate of drug-likeness (QED) is 0.761. The predicted molar refractivity (Wildman–Crippen MR) is 82.3 cm³/mol. The van der Waals surface area contributed by atoms with E-state index in [1.165, 1.54) is 24.4 Å². The predicted octanol–water partition coefficient (Wildman–Crippen LogP) is 2.52. The molecule has 0 aliphatic carbocycles. The van der Waals surface area contributed by atoms with Gasteiger partial charge in [0.15, 0.2) is 0 Å². The molecule has 0 fully saturated rings. The molecule has 0 saturated carbocycles. The molecule has 0 aromatic heterocycles. The third-order valence-electron chi connectivity index (χ3n) is 2.82. The second-order valence-electron chi connectivity index (χ2n) is 4.37. The van der Waals surface area contributed by atoms with Gasteiger partial charge in [-0.05, 0) is 24.3 Å². The van der Waals surface area contributed by atoms with Gasteiger partial charge in [-0.15, -0.1) is 0 Å². The zero-order chi connectivity index (χ0) is 15.9. The van der Waals surface area contributed by atoms with Crippen molar-refractivity contribution in [1.29, 1.82) is 0 Å². The van der Waals surface area contributed by atoms with Crippen LogP contribution in [0.4, 0.5) is 14.9 Å². The van der Waals surface area contributed by atoms with E-state index in [1.807, 2.05) is 0 Å². The SMILES string of the molecule is Nc1ccccc1C(=O)NC(=O)N/C=C/c1ccccc1F. The summed E-state index contributed by atoms with van der Waals surface area (Å²) in [5.41, 5.74) is 6.44. The Morgan fingerprint density at radius 2 is 1.73 bits per heavy atom. The fourth-order valence-electron chi connectivity index (χ4n) is 1.73. The molecule has 0 radical (unpaired) electrons. The van der Waals surface area contributed by atoms with Gasteiger partial charge in [0.2, 0.25) is 0 Å². The number of carbonyl (C=O) groups is 2. The number of amides is 3. The van der Waals surface area contributed by atoms with E-state index in [0.29, 0.717) is 5.56 Å². The monoisotopic (exact) mass is 299 g/mol. The van der Waals surface area contributed by atoms with Crippen molar-refractivity contribution in [2.24, 2.45) is 0 Å². The van der Waals surface area contributed by atoms with Crippen LogP contribution in [-0.2, 0) is 0 Å². The first-order valence-electron chi connectivity index (χ1n) is 6.45. The third-order valence-corrected chi connectivity index (χ3v) is 2.82. The van der Waals surface area contributed by atoms with Crippen LogP contribution < -0.4 is 16.4 Å². The molecule has 112 valence electrons. The lowest BCUT2D eigenvalue weighted by molar-refractivity contribution is 0.0965. The highest BCUT2D eigenvalue weighted by molar-refractivity contribution is 6.07. The average Bonchev–Trinajstić information content (AvgIpc) is 2.49. The lowest BCUT2D eigenvalue weighted by atomic mass is 10.2. The summed E-state index contributed by atoms with van der Waals surface area (Å²) >= 11 is 0. The Balaban J connectivity index is 1.92. The number of nitrogens with two attached hydrogens (primary N) is 1. The highest BCUT2D eigenvalue weighted by Gasteiger charge is 2.11. The third kappa shape index (κ3) is 3.92. The first-order chi connectivity index (χ1) is 10.6. The van der Waals surface area contributed by atoms with Gasteiger partial charge in [-0.2, -0.15) is 0 Å². The Morgan fingerprint density at radius 1 is 1.05 bits per heavy atom. The zero-order valence-corrected chi connectivity index (χ0v) is 11.5. The number of rotatable bonds is 3. The van der Waals surface area contributed by atoms with Crippen LogP contribution in [0.25, 0.3) is 6.08 Å². The second-order valence-corrected chi connectivity index (χ2v) is 4.37. The molecule has 6 heteroatoms. The Hall–Kier alpha value is -3.15. The first kappa shape index (κ1) is 15.2. The molecule has 0 saturated heterocycles. The van der Waals surface area contributed by atoms with E-state index < -0.39 is 17.8 Å². The van der Waals surface area contributed by atoms with Crippen molar-refractivity contribution in [2.75, 3.05) is 5.73 Å². The molecule has 2 aromatic carbocycles. The maximum Gasteiger partial charge on any atom is 0.325 e. The molecule has 2 aromatic rings. The fourth-order valence-corrected chi connectivity index (χ4v) is 1.73. The van der Waals surface area contributed by atoms with Gasteiger partial charge >= 0.3 is 6.03 Å². The molecule has 0 aliphatic heterocycles. The van der Waals surface area contributed by atoms with Crippen LogP contribution in [0.1, 0.15) is 15.9 Å². The highest BCUT2D eigenvalue weighted by atomic mass is 19.1. The molecule has 2 rings (SSSR count). The number of hydrogen-bond acceptors (Lipinski definition) is 3. The number of nitrogens with one attached hydrogen (secondary N) is 2. The van der Waals surface area contributed by atoms with Gasteiger partial charge in [0, 0.05) is 17.5 Å². The molecule has 0 bridgehead atoms. The van der Waals surface area contributed by atoms with Gasteiger partial charge in [0.1, 0.15) is 5.82 Å². The summed E-state index contributed by atoms with van der Waals surface area (Å²) in [4.78, 5) is 23.4. The van der Waals surface area contributed by atoms with Crippen molar-refractivity contribution >= 4 is 23.7 Å². The van der Waals surface area contributed by atoms with E-state index in [-0.39, 0.29) is 11.3 Å². The smallest absolute Gasteiger partial charge is 0.325 e. The van der Waals surface area contributed by atoms with Gasteiger partial charge in [-0.3, -0.25) is 10.1 Å².